The van der Waals surface area contributed by atoms with Gasteiger partial charge in [0, 0.05) is 6.54 Å². The largest absolute Gasteiger partial charge is 0.243 e. The van der Waals surface area contributed by atoms with Gasteiger partial charge in [-0.1, -0.05) is 65.6 Å². The summed E-state index contributed by atoms with van der Waals surface area (Å²) in [6.07, 6.45) is 9.92. The van der Waals surface area contributed by atoms with Crippen molar-refractivity contribution in [3.8, 4) is 12.3 Å². The Bertz CT molecular complexity index is 858. The van der Waals surface area contributed by atoms with Crippen LogP contribution in [0.15, 0.2) is 59.5 Å². The molecule has 0 aliphatic rings. The lowest BCUT2D eigenvalue weighted by molar-refractivity contribution is 0.452. The first-order chi connectivity index (χ1) is 11.9. The Morgan fingerprint density at radius 2 is 1.56 bits per heavy atom. The van der Waals surface area contributed by atoms with Crippen LogP contribution in [-0.2, 0) is 10.0 Å². The summed E-state index contributed by atoms with van der Waals surface area (Å²) in [5.74, 6) is 2.44. The summed E-state index contributed by atoms with van der Waals surface area (Å²) in [6, 6.07) is 15.0. The fraction of sp³-hybridized carbons (Fsp3) is 0.238. The number of sulfonamides is 1. The molecule has 2 rings (SSSR count). The zero-order valence-corrected chi connectivity index (χ0v) is 15.5. The molecular formula is C21H23NO2S. The smallest absolute Gasteiger partial charge is 0.207 e. The summed E-state index contributed by atoms with van der Waals surface area (Å²) >= 11 is 0. The summed E-state index contributed by atoms with van der Waals surface area (Å²) < 4.78 is 26.8. The van der Waals surface area contributed by atoms with E-state index < -0.39 is 10.0 Å². The van der Waals surface area contributed by atoms with Gasteiger partial charge in [0.25, 0.3) is 0 Å². The predicted molar refractivity (Wildman–Crippen MR) is 104 cm³/mol. The minimum Gasteiger partial charge on any atom is -0.207 e. The first kappa shape index (κ1) is 19.0. The first-order valence-corrected chi connectivity index (χ1v) is 9.61. The van der Waals surface area contributed by atoms with Crippen LogP contribution in [0, 0.1) is 26.2 Å². The molecule has 0 spiro atoms. The number of terminal acetylenes is 1. The summed E-state index contributed by atoms with van der Waals surface area (Å²) in [5, 5.41) is 0. The summed E-state index contributed by atoms with van der Waals surface area (Å²) in [7, 11) is -3.57. The lowest BCUT2D eigenvalue weighted by Gasteiger charge is -2.19. The molecule has 0 amide bonds. The van der Waals surface area contributed by atoms with Crippen LogP contribution in [0.5, 0.6) is 0 Å². The van der Waals surface area contributed by atoms with Gasteiger partial charge in [0.1, 0.15) is 0 Å². The Morgan fingerprint density at radius 1 is 1.00 bits per heavy atom. The molecule has 0 aromatic heterocycles. The highest BCUT2D eigenvalue weighted by atomic mass is 32.2. The quantitative estimate of drug-likeness (QED) is 0.705. The lowest BCUT2D eigenvalue weighted by atomic mass is 10.1. The third-order valence-electron chi connectivity index (χ3n) is 3.86. The molecule has 0 aliphatic heterocycles. The summed E-state index contributed by atoms with van der Waals surface area (Å²) in [4.78, 5) is 0.274. The van der Waals surface area contributed by atoms with E-state index in [1.165, 1.54) is 9.87 Å². The highest BCUT2D eigenvalue weighted by Crippen LogP contribution is 2.17. The molecule has 0 unspecified atom stereocenters. The third kappa shape index (κ3) is 5.32. The van der Waals surface area contributed by atoms with E-state index in [0.717, 1.165) is 11.1 Å². The van der Waals surface area contributed by atoms with E-state index in [9.17, 15) is 8.42 Å². The SMILES string of the molecule is C#CCN(CC/C=C/c1ccc(C)cc1)S(=O)(=O)c1ccc(C)cc1. The molecule has 0 N–H and O–H groups in total. The number of benzene rings is 2. The zero-order valence-electron chi connectivity index (χ0n) is 14.6. The maximum absolute atomic E-state index is 12.7. The molecule has 0 bridgehead atoms. The van der Waals surface area contributed by atoms with E-state index in [0.29, 0.717) is 13.0 Å². The second kappa shape index (κ2) is 8.66. The Kier molecular flexibility index (Phi) is 6.58. The normalized spacial score (nSPS) is 11.8. The van der Waals surface area contributed by atoms with Crippen molar-refractivity contribution < 1.29 is 8.42 Å². The molecule has 2 aromatic carbocycles. The van der Waals surface area contributed by atoms with Crippen LogP contribution < -0.4 is 0 Å². The van der Waals surface area contributed by atoms with Crippen molar-refractivity contribution in [2.24, 2.45) is 0 Å². The van der Waals surface area contributed by atoms with Gasteiger partial charge >= 0.3 is 0 Å². The number of nitrogens with zero attached hydrogens (tertiary/aromatic N) is 1. The Morgan fingerprint density at radius 3 is 2.12 bits per heavy atom. The maximum atomic E-state index is 12.7. The highest BCUT2D eigenvalue weighted by Gasteiger charge is 2.22. The van der Waals surface area contributed by atoms with E-state index in [4.69, 9.17) is 6.42 Å². The Balaban J connectivity index is 2.06. The van der Waals surface area contributed by atoms with Crippen molar-refractivity contribution in [1.82, 2.24) is 4.31 Å². The van der Waals surface area contributed by atoms with Gasteiger partial charge in [0.15, 0.2) is 0 Å². The monoisotopic (exact) mass is 353 g/mol. The van der Waals surface area contributed by atoms with Crippen molar-refractivity contribution >= 4 is 16.1 Å². The molecule has 0 saturated carbocycles. The van der Waals surface area contributed by atoms with E-state index in [-0.39, 0.29) is 11.4 Å². The van der Waals surface area contributed by atoms with Crippen molar-refractivity contribution in [3.05, 3.63) is 71.3 Å². The van der Waals surface area contributed by atoms with Gasteiger partial charge in [0.05, 0.1) is 11.4 Å². The Hall–Kier alpha value is -2.35. The van der Waals surface area contributed by atoms with E-state index >= 15 is 0 Å². The predicted octanol–water partition coefficient (Wildman–Crippen LogP) is 4.03. The van der Waals surface area contributed by atoms with Gasteiger partial charge in [-0.2, -0.15) is 4.31 Å². The van der Waals surface area contributed by atoms with Gasteiger partial charge in [0.2, 0.25) is 10.0 Å². The fourth-order valence-corrected chi connectivity index (χ4v) is 3.73. The molecule has 0 heterocycles. The minimum absolute atomic E-state index is 0.0641. The van der Waals surface area contributed by atoms with Crippen LogP contribution in [0.3, 0.4) is 0 Å². The summed E-state index contributed by atoms with van der Waals surface area (Å²) in [5.41, 5.74) is 3.32. The van der Waals surface area contributed by atoms with Gasteiger partial charge in [-0.3, -0.25) is 0 Å². The molecule has 4 heteroatoms. The highest BCUT2D eigenvalue weighted by molar-refractivity contribution is 7.89. The van der Waals surface area contributed by atoms with Crippen LogP contribution in [-0.4, -0.2) is 25.8 Å². The number of hydrogen-bond donors (Lipinski definition) is 0. The average molecular weight is 353 g/mol. The van der Waals surface area contributed by atoms with Crippen molar-refractivity contribution in [3.63, 3.8) is 0 Å². The van der Waals surface area contributed by atoms with Gasteiger partial charge < -0.3 is 0 Å². The molecule has 3 nitrogen and oxygen atoms in total. The molecule has 130 valence electrons. The van der Waals surface area contributed by atoms with Gasteiger partial charge in [-0.05, 0) is 38.0 Å². The number of hydrogen-bond acceptors (Lipinski definition) is 2. The number of rotatable bonds is 7. The first-order valence-electron chi connectivity index (χ1n) is 8.17. The molecule has 2 aromatic rings. The van der Waals surface area contributed by atoms with Crippen LogP contribution in [0.25, 0.3) is 6.08 Å². The standard InChI is InChI=1S/C21H23NO2S/c1-4-16-22(25(23,24)21-14-10-19(3)11-15-21)17-6-5-7-20-12-8-18(2)9-13-20/h1,5,7-15H,6,16-17H2,2-3H3/b7-5+. The van der Waals surface area contributed by atoms with Gasteiger partial charge in [-0.25, -0.2) is 8.42 Å². The van der Waals surface area contributed by atoms with Gasteiger partial charge in [-0.15, -0.1) is 6.42 Å². The minimum atomic E-state index is -3.57. The molecule has 0 fully saturated rings. The molecule has 0 aliphatic carbocycles. The topological polar surface area (TPSA) is 37.4 Å². The van der Waals surface area contributed by atoms with Crippen LogP contribution in [0.1, 0.15) is 23.1 Å². The van der Waals surface area contributed by atoms with E-state index in [2.05, 4.69) is 5.92 Å². The van der Waals surface area contributed by atoms with Crippen LogP contribution >= 0.6 is 0 Å². The molecule has 0 atom stereocenters. The van der Waals surface area contributed by atoms with E-state index in [1.54, 1.807) is 24.3 Å². The zero-order chi connectivity index (χ0) is 18.3. The fourth-order valence-electron chi connectivity index (χ4n) is 2.36. The van der Waals surface area contributed by atoms with Crippen LogP contribution in [0.2, 0.25) is 0 Å². The molecular weight excluding hydrogens is 330 g/mol. The van der Waals surface area contributed by atoms with E-state index in [1.807, 2.05) is 50.3 Å². The van der Waals surface area contributed by atoms with Crippen LogP contribution in [0.4, 0.5) is 0 Å². The summed E-state index contributed by atoms with van der Waals surface area (Å²) in [6.45, 7) is 4.38. The van der Waals surface area contributed by atoms with Crippen molar-refractivity contribution in [2.75, 3.05) is 13.1 Å². The molecule has 0 radical (unpaired) electrons. The van der Waals surface area contributed by atoms with Crippen molar-refractivity contribution in [1.29, 1.82) is 0 Å². The third-order valence-corrected chi connectivity index (χ3v) is 5.72. The Labute approximate surface area is 151 Å². The maximum Gasteiger partial charge on any atom is 0.243 e. The number of aryl methyl sites for hydroxylation is 2. The average Bonchev–Trinajstić information content (AvgIpc) is 2.59. The molecule has 0 saturated heterocycles. The molecule has 25 heavy (non-hydrogen) atoms. The lowest BCUT2D eigenvalue weighted by Crippen LogP contribution is -2.32. The second-order valence-electron chi connectivity index (χ2n) is 5.96. The second-order valence-corrected chi connectivity index (χ2v) is 7.90. The van der Waals surface area contributed by atoms with Crippen molar-refractivity contribution in [2.45, 2.75) is 25.2 Å².